The summed E-state index contributed by atoms with van der Waals surface area (Å²) in [7, 11) is 2.05. The number of rotatable bonds is 6. The minimum atomic E-state index is 0.680. The minimum Gasteiger partial charge on any atom is -0.493 e. The average molecular weight is 262 g/mol. The van der Waals surface area contributed by atoms with Crippen molar-refractivity contribution in [2.45, 2.75) is 32.7 Å². The number of likely N-dealkylation sites (N-methyl/N-ethyl adjacent to an activating group) is 1. The van der Waals surface area contributed by atoms with Crippen LogP contribution in [0, 0.1) is 13.8 Å². The van der Waals surface area contributed by atoms with Crippen LogP contribution in [0.3, 0.4) is 0 Å². The summed E-state index contributed by atoms with van der Waals surface area (Å²) in [6, 6.07) is 7.06. The number of nitrogens with zero attached hydrogens (tertiary/aromatic N) is 1. The molecule has 2 rings (SSSR count). The Labute approximate surface area is 116 Å². The lowest BCUT2D eigenvalue weighted by atomic mass is 10.1. The van der Waals surface area contributed by atoms with Crippen LogP contribution in [0.25, 0.3) is 0 Å². The Morgan fingerprint density at radius 2 is 2.21 bits per heavy atom. The number of aryl methyl sites for hydroxylation is 2. The zero-order valence-electron chi connectivity index (χ0n) is 12.4. The van der Waals surface area contributed by atoms with Gasteiger partial charge in [-0.05, 0) is 57.5 Å². The Morgan fingerprint density at radius 1 is 1.37 bits per heavy atom. The van der Waals surface area contributed by atoms with Crippen molar-refractivity contribution >= 4 is 0 Å². The van der Waals surface area contributed by atoms with Gasteiger partial charge in [-0.15, -0.1) is 0 Å². The van der Waals surface area contributed by atoms with E-state index in [4.69, 9.17) is 4.74 Å². The van der Waals surface area contributed by atoms with Gasteiger partial charge in [0, 0.05) is 19.1 Å². The van der Waals surface area contributed by atoms with Gasteiger partial charge in [0.05, 0.1) is 6.61 Å². The van der Waals surface area contributed by atoms with Crippen molar-refractivity contribution in [1.29, 1.82) is 0 Å². The summed E-state index contributed by atoms with van der Waals surface area (Å²) in [5.41, 5.74) is 2.49. The summed E-state index contributed by atoms with van der Waals surface area (Å²) in [5.74, 6) is 1.04. The number of likely N-dealkylation sites (tertiary alicyclic amines) is 1. The fraction of sp³-hybridized carbons (Fsp3) is 0.625. The first kappa shape index (κ1) is 14.4. The third kappa shape index (κ3) is 4.22. The van der Waals surface area contributed by atoms with E-state index in [2.05, 4.69) is 49.3 Å². The SMILES string of the molecule is CNC1CCN(CCCOc2cc(C)ccc2C)C1. The van der Waals surface area contributed by atoms with Crippen LogP contribution in [0.15, 0.2) is 18.2 Å². The fourth-order valence-corrected chi connectivity index (χ4v) is 2.60. The van der Waals surface area contributed by atoms with Crippen LogP contribution in [-0.4, -0.2) is 44.2 Å². The molecule has 0 bridgehead atoms. The van der Waals surface area contributed by atoms with Crippen molar-refractivity contribution in [3.05, 3.63) is 29.3 Å². The van der Waals surface area contributed by atoms with Gasteiger partial charge >= 0.3 is 0 Å². The second-order valence-electron chi connectivity index (χ2n) is 5.55. The molecule has 0 aromatic heterocycles. The molecule has 1 fully saturated rings. The van der Waals surface area contributed by atoms with E-state index >= 15 is 0 Å². The van der Waals surface area contributed by atoms with Gasteiger partial charge in [-0.25, -0.2) is 0 Å². The van der Waals surface area contributed by atoms with Crippen molar-refractivity contribution in [1.82, 2.24) is 10.2 Å². The maximum Gasteiger partial charge on any atom is 0.122 e. The molecule has 3 nitrogen and oxygen atoms in total. The lowest BCUT2D eigenvalue weighted by Gasteiger charge is -2.16. The first-order valence-corrected chi connectivity index (χ1v) is 7.28. The molecular weight excluding hydrogens is 236 g/mol. The molecule has 1 heterocycles. The third-order valence-corrected chi connectivity index (χ3v) is 3.90. The molecule has 106 valence electrons. The number of benzene rings is 1. The van der Waals surface area contributed by atoms with Gasteiger partial charge < -0.3 is 15.0 Å². The van der Waals surface area contributed by atoms with E-state index in [1.807, 2.05) is 0 Å². The van der Waals surface area contributed by atoms with E-state index in [0.29, 0.717) is 6.04 Å². The zero-order chi connectivity index (χ0) is 13.7. The Bertz CT molecular complexity index is 406. The summed E-state index contributed by atoms with van der Waals surface area (Å²) in [5, 5.41) is 3.35. The van der Waals surface area contributed by atoms with E-state index in [0.717, 1.165) is 25.3 Å². The maximum absolute atomic E-state index is 5.89. The fourth-order valence-electron chi connectivity index (χ4n) is 2.60. The summed E-state index contributed by atoms with van der Waals surface area (Å²) in [4.78, 5) is 2.52. The average Bonchev–Trinajstić information content (AvgIpc) is 2.86. The van der Waals surface area contributed by atoms with E-state index in [1.165, 1.54) is 30.6 Å². The van der Waals surface area contributed by atoms with Crippen molar-refractivity contribution in [2.24, 2.45) is 0 Å². The molecule has 0 radical (unpaired) electrons. The van der Waals surface area contributed by atoms with Crippen LogP contribution >= 0.6 is 0 Å². The molecule has 0 spiro atoms. The predicted molar refractivity (Wildman–Crippen MR) is 79.9 cm³/mol. The van der Waals surface area contributed by atoms with E-state index < -0.39 is 0 Å². The van der Waals surface area contributed by atoms with Gasteiger partial charge in [-0.1, -0.05) is 12.1 Å². The number of nitrogens with one attached hydrogen (secondary N) is 1. The topological polar surface area (TPSA) is 24.5 Å². The molecule has 1 saturated heterocycles. The lowest BCUT2D eigenvalue weighted by Crippen LogP contribution is -2.30. The molecule has 0 aliphatic carbocycles. The summed E-state index contributed by atoms with van der Waals surface area (Å²) < 4.78 is 5.89. The first-order chi connectivity index (χ1) is 9.19. The second kappa shape index (κ2) is 6.92. The molecule has 1 N–H and O–H groups in total. The van der Waals surface area contributed by atoms with Crippen LogP contribution in [0.4, 0.5) is 0 Å². The summed E-state index contributed by atoms with van der Waals surface area (Å²) in [6.45, 7) is 8.56. The minimum absolute atomic E-state index is 0.680. The van der Waals surface area contributed by atoms with Crippen LogP contribution < -0.4 is 10.1 Å². The van der Waals surface area contributed by atoms with Gasteiger partial charge in [0.1, 0.15) is 5.75 Å². The van der Waals surface area contributed by atoms with Gasteiger partial charge in [-0.3, -0.25) is 0 Å². The summed E-state index contributed by atoms with van der Waals surface area (Å²) in [6.07, 6.45) is 2.37. The molecular formula is C16H26N2O. The van der Waals surface area contributed by atoms with Gasteiger partial charge in [0.2, 0.25) is 0 Å². The van der Waals surface area contributed by atoms with Crippen LogP contribution in [0.1, 0.15) is 24.0 Å². The van der Waals surface area contributed by atoms with Gasteiger partial charge in [0.15, 0.2) is 0 Å². The van der Waals surface area contributed by atoms with E-state index in [9.17, 15) is 0 Å². The third-order valence-electron chi connectivity index (χ3n) is 3.90. The second-order valence-corrected chi connectivity index (χ2v) is 5.55. The quantitative estimate of drug-likeness (QED) is 0.797. The van der Waals surface area contributed by atoms with Crippen LogP contribution in [0.5, 0.6) is 5.75 Å². The number of hydrogen-bond acceptors (Lipinski definition) is 3. The number of hydrogen-bond donors (Lipinski definition) is 1. The van der Waals surface area contributed by atoms with Crippen molar-refractivity contribution < 1.29 is 4.74 Å². The number of ether oxygens (including phenoxy) is 1. The van der Waals surface area contributed by atoms with E-state index in [1.54, 1.807) is 0 Å². The van der Waals surface area contributed by atoms with Crippen molar-refractivity contribution in [3.8, 4) is 5.75 Å². The zero-order valence-corrected chi connectivity index (χ0v) is 12.4. The Kier molecular flexibility index (Phi) is 5.23. The molecule has 1 aliphatic heterocycles. The molecule has 19 heavy (non-hydrogen) atoms. The Morgan fingerprint density at radius 3 is 2.95 bits per heavy atom. The lowest BCUT2D eigenvalue weighted by molar-refractivity contribution is 0.259. The molecule has 0 saturated carbocycles. The van der Waals surface area contributed by atoms with Gasteiger partial charge in [-0.2, -0.15) is 0 Å². The Balaban J connectivity index is 1.68. The highest BCUT2D eigenvalue weighted by molar-refractivity contribution is 5.35. The maximum atomic E-state index is 5.89. The molecule has 1 aliphatic rings. The Hall–Kier alpha value is -1.06. The standard InChI is InChI=1S/C16H26N2O/c1-13-5-6-14(2)16(11-13)19-10-4-8-18-9-7-15(12-18)17-3/h5-6,11,15,17H,4,7-10,12H2,1-3H3. The van der Waals surface area contributed by atoms with Gasteiger partial charge in [0.25, 0.3) is 0 Å². The molecule has 0 amide bonds. The van der Waals surface area contributed by atoms with Crippen LogP contribution in [0.2, 0.25) is 0 Å². The van der Waals surface area contributed by atoms with Crippen LogP contribution in [-0.2, 0) is 0 Å². The molecule has 1 atom stereocenters. The largest absolute Gasteiger partial charge is 0.493 e. The molecule has 1 aromatic rings. The molecule has 3 heteroatoms. The molecule has 1 unspecified atom stereocenters. The summed E-state index contributed by atoms with van der Waals surface area (Å²) >= 11 is 0. The predicted octanol–water partition coefficient (Wildman–Crippen LogP) is 2.37. The van der Waals surface area contributed by atoms with E-state index in [-0.39, 0.29) is 0 Å². The molecule has 1 aromatic carbocycles. The smallest absolute Gasteiger partial charge is 0.122 e. The van der Waals surface area contributed by atoms with Crippen molar-refractivity contribution in [3.63, 3.8) is 0 Å². The highest BCUT2D eigenvalue weighted by Gasteiger charge is 2.19. The van der Waals surface area contributed by atoms with Crippen molar-refractivity contribution in [2.75, 3.05) is 33.3 Å². The first-order valence-electron chi connectivity index (χ1n) is 7.28. The normalized spacial score (nSPS) is 19.8. The highest BCUT2D eigenvalue weighted by Crippen LogP contribution is 2.19. The highest BCUT2D eigenvalue weighted by atomic mass is 16.5. The monoisotopic (exact) mass is 262 g/mol.